The van der Waals surface area contributed by atoms with Crippen molar-refractivity contribution in [3.8, 4) is 0 Å². The number of benzene rings is 1. The van der Waals surface area contributed by atoms with Gasteiger partial charge in [-0.15, -0.1) is 0 Å². The van der Waals surface area contributed by atoms with Crippen molar-refractivity contribution in [3.63, 3.8) is 0 Å². The van der Waals surface area contributed by atoms with Gasteiger partial charge in [0.1, 0.15) is 0 Å². The second-order valence-electron chi connectivity index (χ2n) is 6.75. The van der Waals surface area contributed by atoms with Gasteiger partial charge >= 0.3 is 17.8 Å². The first kappa shape index (κ1) is 20.7. The molecule has 1 aromatic carbocycles. The lowest BCUT2D eigenvalue weighted by atomic mass is 10.1. The molecular formula is C19H28N2O4. The van der Waals surface area contributed by atoms with E-state index in [4.69, 9.17) is 4.74 Å². The van der Waals surface area contributed by atoms with Crippen molar-refractivity contribution in [1.29, 1.82) is 0 Å². The predicted octanol–water partition coefficient (Wildman–Crippen LogP) is 2.94. The number of carbonyl (C=O) groups is 3. The average molecular weight is 348 g/mol. The zero-order valence-electron chi connectivity index (χ0n) is 15.7. The summed E-state index contributed by atoms with van der Waals surface area (Å²) in [7, 11) is 0. The topological polar surface area (TPSA) is 75.7 Å². The Morgan fingerprint density at radius 3 is 1.96 bits per heavy atom. The highest BCUT2D eigenvalue weighted by atomic mass is 16.5. The van der Waals surface area contributed by atoms with Gasteiger partial charge in [0.05, 0.1) is 12.2 Å². The molecule has 1 rings (SSSR count). The van der Waals surface area contributed by atoms with Crippen molar-refractivity contribution in [1.82, 2.24) is 4.90 Å². The number of rotatable bonds is 7. The summed E-state index contributed by atoms with van der Waals surface area (Å²) in [5, 5.41) is 2.58. The van der Waals surface area contributed by atoms with Crippen LogP contribution in [0.2, 0.25) is 0 Å². The van der Waals surface area contributed by atoms with Crippen molar-refractivity contribution in [2.45, 2.75) is 34.6 Å². The molecular weight excluding hydrogens is 320 g/mol. The molecule has 138 valence electrons. The third-order valence-corrected chi connectivity index (χ3v) is 3.31. The van der Waals surface area contributed by atoms with Gasteiger partial charge < -0.3 is 15.0 Å². The van der Waals surface area contributed by atoms with Gasteiger partial charge in [-0.1, -0.05) is 27.7 Å². The maximum absolute atomic E-state index is 12.4. The normalized spacial score (nSPS) is 10.7. The van der Waals surface area contributed by atoms with Gasteiger partial charge in [0, 0.05) is 18.8 Å². The zero-order valence-corrected chi connectivity index (χ0v) is 15.7. The molecule has 0 bridgehead atoms. The summed E-state index contributed by atoms with van der Waals surface area (Å²) in [6, 6.07) is 6.26. The van der Waals surface area contributed by atoms with Crippen LogP contribution in [0.25, 0.3) is 0 Å². The third-order valence-electron chi connectivity index (χ3n) is 3.31. The Hall–Kier alpha value is -2.37. The lowest BCUT2D eigenvalue weighted by molar-refractivity contribution is -0.143. The van der Waals surface area contributed by atoms with Crippen LogP contribution in [0.3, 0.4) is 0 Å². The van der Waals surface area contributed by atoms with E-state index in [2.05, 4.69) is 5.32 Å². The van der Waals surface area contributed by atoms with Crippen molar-refractivity contribution in [3.05, 3.63) is 29.8 Å². The summed E-state index contributed by atoms with van der Waals surface area (Å²) in [6.45, 7) is 11.1. The molecule has 0 aliphatic carbocycles. The maximum Gasteiger partial charge on any atom is 0.338 e. The molecule has 0 atom stereocenters. The lowest BCUT2D eigenvalue weighted by Gasteiger charge is -2.25. The van der Waals surface area contributed by atoms with E-state index in [0.29, 0.717) is 30.9 Å². The molecule has 1 N–H and O–H groups in total. The van der Waals surface area contributed by atoms with Crippen LogP contribution in [0, 0.1) is 11.8 Å². The van der Waals surface area contributed by atoms with Crippen molar-refractivity contribution < 1.29 is 19.1 Å². The van der Waals surface area contributed by atoms with E-state index in [-0.39, 0.29) is 11.8 Å². The number of carbonyl (C=O) groups excluding carboxylic acids is 3. The summed E-state index contributed by atoms with van der Waals surface area (Å²) < 4.78 is 4.91. The van der Waals surface area contributed by atoms with Gasteiger partial charge in [-0.2, -0.15) is 0 Å². The van der Waals surface area contributed by atoms with E-state index in [9.17, 15) is 14.4 Å². The fourth-order valence-corrected chi connectivity index (χ4v) is 2.35. The summed E-state index contributed by atoms with van der Waals surface area (Å²) in [6.07, 6.45) is 0. The Kier molecular flexibility index (Phi) is 8.11. The number of hydrogen-bond acceptors (Lipinski definition) is 4. The van der Waals surface area contributed by atoms with Crippen LogP contribution in [0.1, 0.15) is 45.0 Å². The molecule has 2 amide bonds. The van der Waals surface area contributed by atoms with Crippen LogP contribution >= 0.6 is 0 Å². The van der Waals surface area contributed by atoms with Crippen LogP contribution in [-0.2, 0) is 14.3 Å². The fraction of sp³-hybridized carbons (Fsp3) is 0.526. The van der Waals surface area contributed by atoms with Crippen molar-refractivity contribution >= 4 is 23.5 Å². The molecule has 25 heavy (non-hydrogen) atoms. The number of nitrogens with zero attached hydrogens (tertiary/aromatic N) is 1. The predicted molar refractivity (Wildman–Crippen MR) is 97.3 cm³/mol. The minimum absolute atomic E-state index is 0.277. The van der Waals surface area contributed by atoms with E-state index in [1.807, 2.05) is 27.7 Å². The summed E-state index contributed by atoms with van der Waals surface area (Å²) in [4.78, 5) is 37.9. The number of ether oxygens (including phenoxy) is 1. The standard InChI is InChI=1S/C19H28N2O4/c1-6-25-19(24)15-7-9-16(10-8-15)20-17(22)18(23)21(11-13(2)3)12-14(4)5/h7-10,13-14H,6,11-12H2,1-5H3,(H,20,22). The fourth-order valence-electron chi connectivity index (χ4n) is 2.35. The Balaban J connectivity index is 2.75. The molecule has 0 aliphatic rings. The van der Waals surface area contributed by atoms with E-state index < -0.39 is 17.8 Å². The first-order valence-electron chi connectivity index (χ1n) is 8.62. The van der Waals surface area contributed by atoms with E-state index >= 15 is 0 Å². The minimum Gasteiger partial charge on any atom is -0.462 e. The van der Waals surface area contributed by atoms with Gasteiger partial charge in [-0.25, -0.2) is 4.79 Å². The quantitative estimate of drug-likeness (QED) is 0.607. The zero-order chi connectivity index (χ0) is 19.0. The van der Waals surface area contributed by atoms with Crippen LogP contribution < -0.4 is 5.32 Å². The van der Waals surface area contributed by atoms with E-state index in [1.165, 1.54) is 0 Å². The van der Waals surface area contributed by atoms with Crippen molar-refractivity contribution in [2.24, 2.45) is 11.8 Å². The number of hydrogen-bond donors (Lipinski definition) is 1. The third kappa shape index (κ3) is 6.95. The molecule has 0 radical (unpaired) electrons. The highest BCUT2D eigenvalue weighted by Crippen LogP contribution is 2.12. The average Bonchev–Trinajstić information content (AvgIpc) is 2.53. The largest absolute Gasteiger partial charge is 0.462 e. The second-order valence-corrected chi connectivity index (χ2v) is 6.75. The molecule has 1 aromatic rings. The molecule has 0 saturated carbocycles. The molecule has 0 spiro atoms. The van der Waals surface area contributed by atoms with E-state index in [0.717, 1.165) is 0 Å². The smallest absolute Gasteiger partial charge is 0.338 e. The first-order chi connectivity index (χ1) is 11.7. The number of esters is 1. The maximum atomic E-state index is 12.4. The summed E-state index contributed by atoms with van der Waals surface area (Å²) >= 11 is 0. The molecule has 0 heterocycles. The van der Waals surface area contributed by atoms with Gasteiger partial charge in [-0.3, -0.25) is 9.59 Å². The van der Waals surface area contributed by atoms with Crippen LogP contribution in [0.4, 0.5) is 5.69 Å². The molecule has 6 heteroatoms. The van der Waals surface area contributed by atoms with Crippen molar-refractivity contribution in [2.75, 3.05) is 25.0 Å². The SMILES string of the molecule is CCOC(=O)c1ccc(NC(=O)C(=O)N(CC(C)C)CC(C)C)cc1. The Labute approximate surface area is 149 Å². The minimum atomic E-state index is -0.676. The highest BCUT2D eigenvalue weighted by molar-refractivity contribution is 6.39. The second kappa shape index (κ2) is 9.81. The number of nitrogens with one attached hydrogen (secondary N) is 1. The molecule has 6 nitrogen and oxygen atoms in total. The number of amides is 2. The van der Waals surface area contributed by atoms with Gasteiger partial charge in [0.25, 0.3) is 0 Å². The van der Waals surface area contributed by atoms with Crippen LogP contribution in [0.5, 0.6) is 0 Å². The molecule has 0 unspecified atom stereocenters. The Morgan fingerprint density at radius 2 is 1.52 bits per heavy atom. The van der Waals surface area contributed by atoms with Gasteiger partial charge in [0.15, 0.2) is 0 Å². The molecule has 0 fully saturated rings. The molecule has 0 aliphatic heterocycles. The molecule has 0 aromatic heterocycles. The van der Waals surface area contributed by atoms with Crippen LogP contribution in [-0.4, -0.2) is 42.4 Å². The first-order valence-corrected chi connectivity index (χ1v) is 8.62. The summed E-state index contributed by atoms with van der Waals surface area (Å²) in [5.41, 5.74) is 0.854. The lowest BCUT2D eigenvalue weighted by Crippen LogP contribution is -2.43. The van der Waals surface area contributed by atoms with Crippen LogP contribution in [0.15, 0.2) is 24.3 Å². The van der Waals surface area contributed by atoms with Gasteiger partial charge in [0.2, 0.25) is 0 Å². The van der Waals surface area contributed by atoms with E-state index in [1.54, 1.807) is 36.1 Å². The highest BCUT2D eigenvalue weighted by Gasteiger charge is 2.23. The van der Waals surface area contributed by atoms with Gasteiger partial charge in [-0.05, 0) is 43.0 Å². The Bertz CT molecular complexity index is 584. The summed E-state index contributed by atoms with van der Waals surface area (Å²) in [5.74, 6) is -1.09. The molecule has 0 saturated heterocycles. The Morgan fingerprint density at radius 1 is 1.00 bits per heavy atom. The number of anilines is 1. The monoisotopic (exact) mass is 348 g/mol.